The van der Waals surface area contributed by atoms with Crippen LogP contribution in [0.25, 0.3) is 0 Å². The van der Waals surface area contributed by atoms with Crippen molar-refractivity contribution in [2.24, 2.45) is 0 Å². The van der Waals surface area contributed by atoms with Crippen molar-refractivity contribution in [3.63, 3.8) is 0 Å². The molecule has 5 aliphatic heterocycles. The van der Waals surface area contributed by atoms with E-state index in [0.717, 1.165) is 54.7 Å². The lowest BCUT2D eigenvalue weighted by atomic mass is 9.64. The molecule has 0 radical (unpaired) electrons. The Balaban J connectivity index is 0.000000100. The lowest BCUT2D eigenvalue weighted by Crippen LogP contribution is -2.79. The monoisotopic (exact) mass is 1930 g/mol. The summed E-state index contributed by atoms with van der Waals surface area (Å²) in [6.07, 6.45) is 0. The Kier molecular flexibility index (Phi) is 25.9. The van der Waals surface area contributed by atoms with E-state index >= 15 is 0 Å². The van der Waals surface area contributed by atoms with Crippen molar-refractivity contribution in [1.29, 1.82) is 0 Å². The minimum atomic E-state index is -2.50. The highest BCUT2D eigenvalue weighted by Gasteiger charge is 2.54. The van der Waals surface area contributed by atoms with Gasteiger partial charge in [0.2, 0.25) is 0 Å². The van der Waals surface area contributed by atoms with E-state index in [4.69, 9.17) is 4.74 Å². The van der Waals surface area contributed by atoms with E-state index in [1.807, 2.05) is 121 Å². The molecule has 0 fully saturated rings. The summed E-state index contributed by atoms with van der Waals surface area (Å²) < 4.78 is 19.0. The first-order valence-electron chi connectivity index (χ1n) is 50.4. The minimum Gasteiger partial charge on any atom is -0.457 e. The molecule has 1 aliphatic carbocycles. The standard InChI is InChI=1S/C32H26Si.C26H21N.C21H16O.C20H16OS.C20H16O.C20H16S/c1-32(25-15-5-2-6-16-25)28-21-11-13-23-30(28)33(26-17-7-3-8-18-26,27-19-9-4-10-20-27)31-24-14-12-22-29(31)32;1-26(20-12-4-2-5-13-20)22-16-8-10-18-24(22)27(21-14-6-3-7-15-21)25-19-11-9-17-23(25)26;1-21(15-9-3-2-4-10-15)18-13-7-5-11-16(18)20(22)17-12-6-8-14-19(17)21;1-20(15-9-3-2-4-10-15)16-11-5-7-13-18(16)22(21)19-14-8-6-12-17(19)20;2*1-20(15-9-3-2-4-10-15)16-11-5-7-13-18(16)21-19-14-8-6-12-17(19)20/h2-24H,1H3;2-19H,1H3;2*2-14H,1H3;2*2-14H,1H3. The highest BCUT2D eigenvalue weighted by Crippen LogP contribution is 2.58. The molecule has 0 amide bonds. The van der Waals surface area contributed by atoms with E-state index in [-0.39, 0.29) is 38.3 Å². The fraction of sp³-hybridized carbons (Fsp3) is 0.0863. The second kappa shape index (κ2) is 40.1. The number of carbonyl (C=O) groups is 1. The van der Waals surface area contributed by atoms with Crippen LogP contribution >= 0.6 is 11.8 Å². The first kappa shape index (κ1) is 94.5. The van der Waals surface area contributed by atoms with Gasteiger partial charge in [0.1, 0.15) is 11.5 Å². The van der Waals surface area contributed by atoms with Crippen LogP contribution in [0.3, 0.4) is 0 Å². The Morgan fingerprint density at radius 2 is 0.452 bits per heavy atom. The summed E-state index contributed by atoms with van der Waals surface area (Å²) in [6.45, 7) is 13.8. The maximum atomic E-state index is 12.9. The Bertz CT molecular complexity index is 7700. The molecule has 706 valence electrons. The second-order valence-electron chi connectivity index (χ2n) is 39.1. The van der Waals surface area contributed by atoms with Crippen molar-refractivity contribution in [3.05, 3.63) is 675 Å². The van der Waals surface area contributed by atoms with Crippen molar-refractivity contribution in [2.45, 2.75) is 93.6 Å². The van der Waals surface area contributed by atoms with E-state index in [0.29, 0.717) is 0 Å². The average molecular weight is 1940 g/mol. The fourth-order valence-electron chi connectivity index (χ4n) is 24.0. The lowest BCUT2D eigenvalue weighted by Gasteiger charge is -2.48. The number of ether oxygens (including phenoxy) is 1. The van der Waals surface area contributed by atoms with Crippen molar-refractivity contribution < 1.29 is 13.7 Å². The quantitative estimate of drug-likeness (QED) is 0.135. The molecule has 0 saturated heterocycles. The van der Waals surface area contributed by atoms with Gasteiger partial charge in [0.05, 0.1) is 22.2 Å². The van der Waals surface area contributed by atoms with Gasteiger partial charge in [-0.15, -0.1) is 0 Å². The van der Waals surface area contributed by atoms with Crippen LogP contribution in [0.5, 0.6) is 11.5 Å². The van der Waals surface area contributed by atoms with E-state index < -0.39 is 18.9 Å². The largest absolute Gasteiger partial charge is 0.457 e. The second-order valence-corrected chi connectivity index (χ2v) is 45.3. The Hall–Kier alpha value is -16.4. The predicted octanol–water partition coefficient (Wildman–Crippen LogP) is 31.3. The zero-order valence-electron chi connectivity index (χ0n) is 82.7. The molecule has 0 atom stereocenters. The lowest BCUT2D eigenvalue weighted by molar-refractivity contribution is 0.103. The summed E-state index contributed by atoms with van der Waals surface area (Å²) in [6, 6.07) is 200. The van der Waals surface area contributed by atoms with Gasteiger partial charge in [-0.05, 0) is 212 Å². The SMILES string of the molecule is CC1(c2ccccc2)c2ccccc2C(=O)c2ccccc21.CC1(c2ccccc2)c2ccccc2N(c2ccccc2)c2ccccc21.CC1(c2ccccc2)c2ccccc2Oc2ccccc21.CC1(c2ccccc2)c2ccccc2S(=O)c2ccccc21.CC1(c2ccccc2)c2ccccc2Sc2ccccc21.CC1(c2ccccc2)c2ccccc2[Si](c2ccccc2)(c2ccccc2)c2ccccc21. The molecule has 0 bridgehead atoms. The zero-order chi connectivity index (χ0) is 99.5. The number of carbonyl (C=O) groups excluding carboxylic acids is 1. The van der Waals surface area contributed by atoms with E-state index in [9.17, 15) is 9.00 Å². The molecular weight excluding hydrogens is 1820 g/mol. The number of hydrogen-bond acceptors (Lipinski definition) is 5. The molecule has 27 rings (SSSR count). The van der Waals surface area contributed by atoms with Crippen LogP contribution in [0.1, 0.15) is 158 Å². The molecule has 7 heteroatoms. The molecule has 6 aliphatic rings. The van der Waals surface area contributed by atoms with Crippen molar-refractivity contribution in [1.82, 2.24) is 0 Å². The number of ketones is 1. The van der Waals surface area contributed by atoms with Crippen LogP contribution in [0.2, 0.25) is 0 Å². The number of para-hydroxylation sites is 5. The number of rotatable bonds is 9. The predicted molar refractivity (Wildman–Crippen MR) is 607 cm³/mol. The van der Waals surface area contributed by atoms with Crippen LogP contribution in [0.15, 0.2) is 584 Å². The molecule has 21 aromatic rings. The molecule has 0 spiro atoms. The number of hydrogen-bond donors (Lipinski definition) is 0. The molecule has 0 saturated carbocycles. The number of nitrogens with zero attached hydrogens (tertiary/aromatic N) is 1. The normalized spacial score (nSPS) is 16.1. The number of anilines is 3. The summed E-state index contributed by atoms with van der Waals surface area (Å²) in [5.74, 6) is 2.02. The van der Waals surface area contributed by atoms with Gasteiger partial charge >= 0.3 is 0 Å². The summed E-state index contributed by atoms with van der Waals surface area (Å²) in [5.41, 5.74) is 27.0. The van der Waals surface area contributed by atoms with E-state index in [2.05, 4.69) is 501 Å². The Morgan fingerprint density at radius 1 is 0.219 bits per heavy atom. The van der Waals surface area contributed by atoms with Crippen molar-refractivity contribution in [2.75, 3.05) is 4.90 Å². The average Bonchev–Trinajstić information content (AvgIpc) is 0.678. The van der Waals surface area contributed by atoms with Crippen LogP contribution in [0, 0.1) is 0 Å². The van der Waals surface area contributed by atoms with Crippen LogP contribution < -0.4 is 30.4 Å². The molecule has 146 heavy (non-hydrogen) atoms. The Labute approximate surface area is 866 Å². The van der Waals surface area contributed by atoms with Gasteiger partial charge in [0.25, 0.3) is 0 Å². The molecule has 0 unspecified atom stereocenters. The third kappa shape index (κ3) is 16.2. The highest BCUT2D eigenvalue weighted by molar-refractivity contribution is 7.99. The minimum absolute atomic E-state index is 0.0836. The fourth-order valence-corrected chi connectivity index (χ4v) is 32.3. The summed E-state index contributed by atoms with van der Waals surface area (Å²) in [4.78, 5) is 19.8. The van der Waals surface area contributed by atoms with Crippen LogP contribution in [-0.2, 0) is 43.3 Å². The number of fused-ring (bicyclic) bond motifs is 12. The zero-order valence-corrected chi connectivity index (χ0v) is 85.3. The summed E-state index contributed by atoms with van der Waals surface area (Å²) in [5, 5.41) is 5.86. The summed E-state index contributed by atoms with van der Waals surface area (Å²) >= 11 is 1.88. The van der Waals surface area contributed by atoms with E-state index in [1.165, 1.54) is 125 Å². The van der Waals surface area contributed by atoms with Crippen LogP contribution in [-0.4, -0.2) is 18.1 Å². The van der Waals surface area contributed by atoms with Gasteiger partial charge < -0.3 is 9.64 Å². The number of benzene rings is 21. The Morgan fingerprint density at radius 3 is 0.815 bits per heavy atom. The highest BCUT2D eigenvalue weighted by atomic mass is 32.2. The first-order chi connectivity index (χ1) is 71.6. The molecule has 0 aromatic heterocycles. The van der Waals surface area contributed by atoms with Crippen molar-refractivity contribution in [3.8, 4) is 11.5 Å². The maximum Gasteiger partial charge on any atom is 0.193 e. The topological polar surface area (TPSA) is 46.6 Å². The maximum absolute atomic E-state index is 12.9. The van der Waals surface area contributed by atoms with Gasteiger partial charge in [-0.2, -0.15) is 0 Å². The van der Waals surface area contributed by atoms with Crippen LogP contribution in [0.4, 0.5) is 17.1 Å². The smallest absolute Gasteiger partial charge is 0.193 e. The summed E-state index contributed by atoms with van der Waals surface area (Å²) in [7, 11) is -3.61. The van der Waals surface area contributed by atoms with Crippen molar-refractivity contribution >= 4 is 74.2 Å². The third-order valence-electron chi connectivity index (χ3n) is 31.5. The van der Waals surface area contributed by atoms with Gasteiger partial charge in [0.15, 0.2) is 13.9 Å². The van der Waals surface area contributed by atoms with Gasteiger partial charge in [0, 0.05) is 80.0 Å². The molecule has 0 N–H and O–H groups in total. The first-order valence-corrected chi connectivity index (χ1v) is 54.4. The van der Waals surface area contributed by atoms with E-state index in [1.54, 1.807) is 0 Å². The molecule has 21 aromatic carbocycles. The molecular formula is C139H111NO3S2Si. The third-order valence-corrected chi connectivity index (χ3v) is 39.0. The molecule has 5 heterocycles. The van der Waals surface area contributed by atoms with Gasteiger partial charge in [-0.1, -0.05) is 515 Å². The van der Waals surface area contributed by atoms with Gasteiger partial charge in [-0.3, -0.25) is 4.79 Å². The van der Waals surface area contributed by atoms with Gasteiger partial charge in [-0.25, -0.2) is 4.21 Å². The molecule has 4 nitrogen and oxygen atoms in total.